The molecule has 4 rings (SSSR count). The van der Waals surface area contributed by atoms with Crippen molar-refractivity contribution in [1.82, 2.24) is 5.32 Å². The summed E-state index contributed by atoms with van der Waals surface area (Å²) in [4.78, 5) is 11.3. The number of hydrogen-bond acceptors (Lipinski definition) is 3. The zero-order chi connectivity index (χ0) is 21.6. The van der Waals surface area contributed by atoms with Gasteiger partial charge in [-0.3, -0.25) is 4.79 Å². The predicted octanol–water partition coefficient (Wildman–Crippen LogP) is 6.00. The molecule has 2 aliphatic carbocycles. The lowest BCUT2D eigenvalue weighted by atomic mass is 9.83. The maximum Gasteiger partial charge on any atom is 0.217 e. The Morgan fingerprint density at radius 3 is 2.10 bits per heavy atom. The third-order valence-corrected chi connectivity index (χ3v) is 6.64. The highest BCUT2D eigenvalue weighted by Crippen LogP contribution is 2.31. The molecule has 0 heterocycles. The molecule has 2 fully saturated rings. The van der Waals surface area contributed by atoms with Crippen LogP contribution in [0.15, 0.2) is 48.5 Å². The highest BCUT2D eigenvalue weighted by Gasteiger charge is 2.24. The van der Waals surface area contributed by atoms with E-state index in [2.05, 4.69) is 29.6 Å². The van der Waals surface area contributed by atoms with Gasteiger partial charge < -0.3 is 14.8 Å². The Labute approximate surface area is 186 Å². The van der Waals surface area contributed by atoms with E-state index in [1.165, 1.54) is 37.7 Å². The molecular formula is C27H35NO3. The normalized spacial score (nSPS) is 22.3. The Hall–Kier alpha value is -2.49. The third-order valence-electron chi connectivity index (χ3n) is 6.64. The molecule has 166 valence electrons. The van der Waals surface area contributed by atoms with Crippen LogP contribution in [0.3, 0.4) is 0 Å². The van der Waals surface area contributed by atoms with Crippen molar-refractivity contribution in [2.75, 3.05) is 0 Å². The smallest absolute Gasteiger partial charge is 0.217 e. The lowest BCUT2D eigenvalue weighted by Crippen LogP contribution is -2.26. The van der Waals surface area contributed by atoms with Gasteiger partial charge in [0.25, 0.3) is 0 Å². The van der Waals surface area contributed by atoms with Crippen molar-refractivity contribution < 1.29 is 14.3 Å². The predicted molar refractivity (Wildman–Crippen MR) is 123 cm³/mol. The summed E-state index contributed by atoms with van der Waals surface area (Å²) in [5.74, 6) is 2.58. The summed E-state index contributed by atoms with van der Waals surface area (Å²) in [7, 11) is 0. The van der Waals surface area contributed by atoms with Crippen LogP contribution in [0.2, 0.25) is 0 Å². The topological polar surface area (TPSA) is 47.6 Å². The number of nitrogens with one attached hydrogen (secondary N) is 1. The number of rotatable bonds is 8. The maximum absolute atomic E-state index is 11.3. The van der Waals surface area contributed by atoms with Crippen LogP contribution in [-0.2, 0) is 11.2 Å². The minimum absolute atomic E-state index is 0.0103. The van der Waals surface area contributed by atoms with Crippen molar-refractivity contribution in [3.8, 4) is 11.5 Å². The minimum atomic E-state index is -0.0124. The molecule has 1 amide bonds. The van der Waals surface area contributed by atoms with E-state index in [9.17, 15) is 4.79 Å². The van der Waals surface area contributed by atoms with Gasteiger partial charge in [-0.1, -0.05) is 24.3 Å². The fraction of sp³-hybridized carbons (Fsp3) is 0.519. The Morgan fingerprint density at radius 1 is 0.903 bits per heavy atom. The molecule has 0 spiro atoms. The van der Waals surface area contributed by atoms with Crippen LogP contribution in [0.25, 0.3) is 0 Å². The van der Waals surface area contributed by atoms with Gasteiger partial charge in [-0.2, -0.15) is 0 Å². The zero-order valence-corrected chi connectivity index (χ0v) is 18.8. The molecule has 2 aromatic carbocycles. The maximum atomic E-state index is 11.3. The van der Waals surface area contributed by atoms with E-state index < -0.39 is 0 Å². The van der Waals surface area contributed by atoms with Gasteiger partial charge in [-0.25, -0.2) is 0 Å². The summed E-state index contributed by atoms with van der Waals surface area (Å²) < 4.78 is 12.3. The summed E-state index contributed by atoms with van der Waals surface area (Å²) in [6, 6.07) is 16.9. The number of carbonyl (C=O) groups excluding carboxylic acids is 1. The molecule has 3 atom stereocenters. The van der Waals surface area contributed by atoms with Gasteiger partial charge in [-0.05, 0) is 99.6 Å². The first-order chi connectivity index (χ1) is 15.0. The van der Waals surface area contributed by atoms with Crippen LogP contribution in [-0.4, -0.2) is 18.1 Å². The third kappa shape index (κ3) is 6.25. The van der Waals surface area contributed by atoms with Gasteiger partial charge in [0.2, 0.25) is 5.91 Å². The molecule has 31 heavy (non-hydrogen) atoms. The van der Waals surface area contributed by atoms with E-state index in [0.29, 0.717) is 12.0 Å². The molecule has 0 saturated heterocycles. The van der Waals surface area contributed by atoms with Crippen LogP contribution in [0.4, 0.5) is 0 Å². The van der Waals surface area contributed by atoms with E-state index in [-0.39, 0.29) is 18.1 Å². The quantitative estimate of drug-likeness (QED) is 0.569. The van der Waals surface area contributed by atoms with Crippen molar-refractivity contribution >= 4 is 5.91 Å². The molecule has 0 aliphatic heterocycles. The molecule has 2 aromatic rings. The highest BCUT2D eigenvalue weighted by atomic mass is 16.5. The number of hydrogen-bond donors (Lipinski definition) is 1. The van der Waals surface area contributed by atoms with E-state index in [0.717, 1.165) is 36.3 Å². The number of carbonyl (C=O) groups is 1. The van der Waals surface area contributed by atoms with Crippen LogP contribution in [0.1, 0.15) is 76.0 Å². The second kappa shape index (κ2) is 10.2. The average Bonchev–Trinajstić information content (AvgIpc) is 2.72. The number of amides is 1. The molecule has 0 bridgehead atoms. The second-order valence-electron chi connectivity index (χ2n) is 9.28. The van der Waals surface area contributed by atoms with Crippen LogP contribution in [0.5, 0.6) is 11.5 Å². The van der Waals surface area contributed by atoms with E-state index in [4.69, 9.17) is 9.47 Å². The molecule has 0 radical (unpaired) electrons. The van der Waals surface area contributed by atoms with Crippen molar-refractivity contribution in [3.63, 3.8) is 0 Å². The summed E-state index contributed by atoms with van der Waals surface area (Å²) >= 11 is 0. The standard InChI is InChI=1S/C27H35NO3/c1-19(28-20(2)29)23-11-15-26(16-12-23)31-27-8-3-5-22(18-27)17-21-9-13-25(14-10-21)30-24-6-4-7-24/h9-16,19,22,24,27H,3-8,17-18H2,1-2H3,(H,28,29). The molecule has 3 unspecified atom stereocenters. The molecule has 4 heteroatoms. The fourth-order valence-electron chi connectivity index (χ4n) is 4.67. The lowest BCUT2D eigenvalue weighted by Gasteiger charge is -2.30. The zero-order valence-electron chi connectivity index (χ0n) is 18.8. The van der Waals surface area contributed by atoms with Crippen molar-refractivity contribution in [3.05, 3.63) is 59.7 Å². The number of ether oxygens (including phenoxy) is 2. The Bertz CT molecular complexity index is 842. The average molecular weight is 422 g/mol. The SMILES string of the molecule is CC(=O)NC(C)c1ccc(OC2CCCC(Cc3ccc(OC4CCC4)cc3)C2)cc1. The van der Waals surface area contributed by atoms with Crippen molar-refractivity contribution in [1.29, 1.82) is 0 Å². The van der Waals surface area contributed by atoms with Gasteiger partial charge >= 0.3 is 0 Å². The molecule has 4 nitrogen and oxygen atoms in total. The van der Waals surface area contributed by atoms with Gasteiger partial charge in [0.15, 0.2) is 0 Å². The van der Waals surface area contributed by atoms with Gasteiger partial charge in [0, 0.05) is 6.92 Å². The summed E-state index contributed by atoms with van der Waals surface area (Å²) in [5.41, 5.74) is 2.48. The molecule has 2 aliphatic rings. The first-order valence-electron chi connectivity index (χ1n) is 11.8. The lowest BCUT2D eigenvalue weighted by molar-refractivity contribution is -0.119. The molecule has 2 saturated carbocycles. The number of benzene rings is 2. The molecular weight excluding hydrogens is 386 g/mol. The van der Waals surface area contributed by atoms with Gasteiger partial charge in [-0.15, -0.1) is 0 Å². The summed E-state index contributed by atoms with van der Waals surface area (Å²) in [6.45, 7) is 3.54. The Kier molecular flexibility index (Phi) is 7.16. The summed E-state index contributed by atoms with van der Waals surface area (Å²) in [5, 5.41) is 2.92. The monoisotopic (exact) mass is 421 g/mol. The minimum Gasteiger partial charge on any atom is -0.490 e. The summed E-state index contributed by atoms with van der Waals surface area (Å²) in [6.07, 6.45) is 10.2. The largest absolute Gasteiger partial charge is 0.490 e. The first-order valence-corrected chi connectivity index (χ1v) is 11.8. The first kappa shape index (κ1) is 21.7. The fourth-order valence-corrected chi connectivity index (χ4v) is 4.67. The van der Waals surface area contributed by atoms with Gasteiger partial charge in [0.05, 0.1) is 18.2 Å². The molecule has 0 aromatic heterocycles. The Balaban J connectivity index is 1.26. The van der Waals surface area contributed by atoms with Crippen molar-refractivity contribution in [2.45, 2.75) is 83.5 Å². The van der Waals surface area contributed by atoms with E-state index in [1.54, 1.807) is 6.92 Å². The highest BCUT2D eigenvalue weighted by molar-refractivity contribution is 5.73. The van der Waals surface area contributed by atoms with Gasteiger partial charge in [0.1, 0.15) is 11.5 Å². The van der Waals surface area contributed by atoms with Crippen LogP contribution < -0.4 is 14.8 Å². The van der Waals surface area contributed by atoms with Crippen LogP contribution >= 0.6 is 0 Å². The van der Waals surface area contributed by atoms with E-state index >= 15 is 0 Å². The van der Waals surface area contributed by atoms with Crippen LogP contribution in [0, 0.1) is 5.92 Å². The van der Waals surface area contributed by atoms with Crippen molar-refractivity contribution in [2.24, 2.45) is 5.92 Å². The second-order valence-corrected chi connectivity index (χ2v) is 9.28. The Morgan fingerprint density at radius 2 is 1.48 bits per heavy atom. The van der Waals surface area contributed by atoms with E-state index in [1.807, 2.05) is 31.2 Å². The molecule has 1 N–H and O–H groups in total.